The second-order valence-electron chi connectivity index (χ2n) is 4.09. The smallest absolute Gasteiger partial charge is 0.344 e. The Labute approximate surface area is 121 Å². The Hall–Kier alpha value is -2.76. The normalized spacial score (nSPS) is 9.95. The van der Waals surface area contributed by atoms with E-state index in [9.17, 15) is 9.59 Å². The molecule has 1 N–H and O–H groups in total. The molecule has 1 heterocycles. The van der Waals surface area contributed by atoms with Crippen LogP contribution in [0, 0.1) is 0 Å². The zero-order chi connectivity index (χ0) is 15.1. The molecule has 0 aliphatic heterocycles. The van der Waals surface area contributed by atoms with E-state index in [1.807, 2.05) is 0 Å². The van der Waals surface area contributed by atoms with Crippen LogP contribution in [0.3, 0.4) is 0 Å². The molecule has 1 aromatic carbocycles. The average Bonchev–Trinajstić information content (AvgIpc) is 3.00. The number of rotatable bonds is 6. The Kier molecular flexibility index (Phi) is 4.98. The van der Waals surface area contributed by atoms with Crippen LogP contribution in [0.2, 0.25) is 0 Å². The minimum atomic E-state index is -0.440. The van der Waals surface area contributed by atoms with Crippen LogP contribution in [0.15, 0.2) is 47.3 Å². The van der Waals surface area contributed by atoms with Crippen LogP contribution in [0.1, 0.15) is 17.3 Å². The first-order chi connectivity index (χ1) is 10.2. The minimum absolute atomic E-state index is 0.174. The lowest BCUT2D eigenvalue weighted by Gasteiger charge is -2.08. The van der Waals surface area contributed by atoms with Gasteiger partial charge in [-0.25, -0.2) is 4.79 Å². The van der Waals surface area contributed by atoms with E-state index in [0.29, 0.717) is 23.6 Å². The number of anilines is 1. The molecule has 2 rings (SSSR count). The molecule has 110 valence electrons. The average molecular weight is 289 g/mol. The van der Waals surface area contributed by atoms with Crippen molar-refractivity contribution in [1.82, 2.24) is 0 Å². The summed E-state index contributed by atoms with van der Waals surface area (Å²) in [5.74, 6) is -0.260. The van der Waals surface area contributed by atoms with E-state index < -0.39 is 5.97 Å². The van der Waals surface area contributed by atoms with Crippen molar-refractivity contribution in [3.05, 3.63) is 48.4 Å². The highest BCUT2D eigenvalue weighted by atomic mass is 16.6. The van der Waals surface area contributed by atoms with Crippen molar-refractivity contribution < 1.29 is 23.5 Å². The number of furan rings is 1. The van der Waals surface area contributed by atoms with Crippen molar-refractivity contribution in [3.8, 4) is 5.75 Å². The highest BCUT2D eigenvalue weighted by Crippen LogP contribution is 2.18. The van der Waals surface area contributed by atoms with Crippen LogP contribution in [-0.2, 0) is 9.53 Å². The maximum Gasteiger partial charge on any atom is 0.344 e. The molecule has 1 aromatic heterocycles. The molecule has 0 atom stereocenters. The Morgan fingerprint density at radius 1 is 1.29 bits per heavy atom. The number of ether oxygens (including phenoxy) is 2. The van der Waals surface area contributed by atoms with E-state index in [4.69, 9.17) is 13.9 Å². The molecular weight excluding hydrogens is 274 g/mol. The van der Waals surface area contributed by atoms with E-state index in [0.717, 1.165) is 0 Å². The Morgan fingerprint density at radius 3 is 2.86 bits per heavy atom. The molecule has 6 nitrogen and oxygen atoms in total. The van der Waals surface area contributed by atoms with Crippen molar-refractivity contribution >= 4 is 17.6 Å². The fourth-order valence-electron chi connectivity index (χ4n) is 1.61. The van der Waals surface area contributed by atoms with Gasteiger partial charge < -0.3 is 19.2 Å². The van der Waals surface area contributed by atoms with E-state index in [1.54, 1.807) is 37.3 Å². The van der Waals surface area contributed by atoms with Gasteiger partial charge in [-0.15, -0.1) is 0 Å². The van der Waals surface area contributed by atoms with Gasteiger partial charge in [0, 0.05) is 11.8 Å². The predicted molar refractivity (Wildman–Crippen MR) is 75.2 cm³/mol. The quantitative estimate of drug-likeness (QED) is 0.826. The summed E-state index contributed by atoms with van der Waals surface area (Å²) in [6.45, 7) is 1.86. The van der Waals surface area contributed by atoms with Crippen LogP contribution in [0.5, 0.6) is 5.75 Å². The molecule has 0 aliphatic rings. The van der Waals surface area contributed by atoms with E-state index >= 15 is 0 Å². The first-order valence-corrected chi connectivity index (χ1v) is 6.41. The summed E-state index contributed by atoms with van der Waals surface area (Å²) in [4.78, 5) is 23.1. The lowest BCUT2D eigenvalue weighted by Crippen LogP contribution is -2.15. The lowest BCUT2D eigenvalue weighted by atomic mass is 10.2. The molecule has 0 bridgehead atoms. The lowest BCUT2D eigenvalue weighted by molar-refractivity contribution is -0.145. The maximum atomic E-state index is 11.9. The molecule has 0 unspecified atom stereocenters. The van der Waals surface area contributed by atoms with Gasteiger partial charge >= 0.3 is 5.97 Å². The van der Waals surface area contributed by atoms with Crippen LogP contribution >= 0.6 is 0 Å². The number of nitrogens with one attached hydrogen (secondary N) is 1. The van der Waals surface area contributed by atoms with Gasteiger partial charge in [0.25, 0.3) is 5.91 Å². The monoisotopic (exact) mass is 289 g/mol. The number of carbonyl (C=O) groups excluding carboxylic acids is 2. The molecule has 1 amide bonds. The number of amides is 1. The van der Waals surface area contributed by atoms with Gasteiger partial charge in [0.2, 0.25) is 0 Å². The van der Waals surface area contributed by atoms with Crippen molar-refractivity contribution in [3.63, 3.8) is 0 Å². The molecule has 0 spiro atoms. The second kappa shape index (κ2) is 7.14. The molecule has 6 heteroatoms. The Bertz CT molecular complexity index is 606. The zero-order valence-electron chi connectivity index (χ0n) is 11.5. The van der Waals surface area contributed by atoms with Crippen molar-refractivity contribution in [2.24, 2.45) is 0 Å². The summed E-state index contributed by atoms with van der Waals surface area (Å²) in [5.41, 5.74) is 0.982. The fraction of sp³-hybridized carbons (Fsp3) is 0.200. The first kappa shape index (κ1) is 14.6. The molecule has 0 radical (unpaired) electrons. The third-order valence-electron chi connectivity index (χ3n) is 2.54. The van der Waals surface area contributed by atoms with E-state index in [-0.39, 0.29) is 12.5 Å². The van der Waals surface area contributed by atoms with Gasteiger partial charge in [-0.05, 0) is 25.1 Å². The second-order valence-corrected chi connectivity index (χ2v) is 4.09. The summed E-state index contributed by atoms with van der Waals surface area (Å²) in [6.07, 6.45) is 2.78. The Balaban J connectivity index is 1.94. The van der Waals surface area contributed by atoms with Gasteiger partial charge in [0.05, 0.1) is 18.4 Å². The van der Waals surface area contributed by atoms with Gasteiger partial charge in [-0.2, -0.15) is 0 Å². The molecule has 0 saturated carbocycles. The number of hydrogen-bond donors (Lipinski definition) is 1. The highest BCUT2D eigenvalue weighted by molar-refractivity contribution is 6.04. The summed E-state index contributed by atoms with van der Waals surface area (Å²) in [7, 11) is 0. The maximum absolute atomic E-state index is 11.9. The molecule has 0 fully saturated rings. The summed E-state index contributed by atoms with van der Waals surface area (Å²) >= 11 is 0. The summed E-state index contributed by atoms with van der Waals surface area (Å²) in [6, 6.07) is 8.31. The van der Waals surface area contributed by atoms with Crippen molar-refractivity contribution in [2.75, 3.05) is 18.5 Å². The standard InChI is InChI=1S/C15H15NO5/c1-2-20-14(17)10-21-13-5-3-4-12(8-13)16-15(18)11-6-7-19-9-11/h3-9H,2,10H2,1H3,(H,16,18). The minimum Gasteiger partial charge on any atom is -0.482 e. The van der Waals surface area contributed by atoms with Crippen LogP contribution < -0.4 is 10.1 Å². The van der Waals surface area contributed by atoms with Crippen molar-refractivity contribution in [1.29, 1.82) is 0 Å². The Morgan fingerprint density at radius 2 is 2.14 bits per heavy atom. The summed E-state index contributed by atoms with van der Waals surface area (Å²) in [5, 5.41) is 2.70. The van der Waals surface area contributed by atoms with Crippen LogP contribution in [0.4, 0.5) is 5.69 Å². The molecule has 21 heavy (non-hydrogen) atoms. The highest BCUT2D eigenvalue weighted by Gasteiger charge is 2.08. The summed E-state index contributed by atoms with van der Waals surface area (Å²) < 4.78 is 14.9. The van der Waals surface area contributed by atoms with Gasteiger partial charge in [-0.1, -0.05) is 6.07 Å². The van der Waals surface area contributed by atoms with Crippen LogP contribution in [-0.4, -0.2) is 25.1 Å². The zero-order valence-corrected chi connectivity index (χ0v) is 11.5. The van der Waals surface area contributed by atoms with Gasteiger partial charge in [0.1, 0.15) is 12.0 Å². The van der Waals surface area contributed by atoms with E-state index in [1.165, 1.54) is 12.5 Å². The van der Waals surface area contributed by atoms with Crippen molar-refractivity contribution in [2.45, 2.75) is 6.92 Å². The molecule has 2 aromatic rings. The largest absolute Gasteiger partial charge is 0.482 e. The SMILES string of the molecule is CCOC(=O)COc1cccc(NC(=O)c2ccoc2)c1. The number of esters is 1. The third kappa shape index (κ3) is 4.38. The van der Waals surface area contributed by atoms with Gasteiger partial charge in [-0.3, -0.25) is 4.79 Å². The molecule has 0 saturated heterocycles. The molecule has 0 aliphatic carbocycles. The number of hydrogen-bond acceptors (Lipinski definition) is 5. The predicted octanol–water partition coefficient (Wildman–Crippen LogP) is 2.47. The van der Waals surface area contributed by atoms with Gasteiger partial charge in [0.15, 0.2) is 6.61 Å². The molecular formula is C15H15NO5. The topological polar surface area (TPSA) is 77.8 Å². The number of benzene rings is 1. The van der Waals surface area contributed by atoms with Crippen LogP contribution in [0.25, 0.3) is 0 Å². The third-order valence-corrected chi connectivity index (χ3v) is 2.54. The first-order valence-electron chi connectivity index (χ1n) is 6.41. The van der Waals surface area contributed by atoms with E-state index in [2.05, 4.69) is 5.32 Å². The fourth-order valence-corrected chi connectivity index (χ4v) is 1.61. The number of carbonyl (C=O) groups is 2.